The van der Waals surface area contributed by atoms with Crippen LogP contribution in [0.1, 0.15) is 48.3 Å². The molecule has 0 radical (unpaired) electrons. The molecule has 0 N–H and O–H groups in total. The molecule has 2 aromatic heterocycles. The average Bonchev–Trinajstić information content (AvgIpc) is 3.29. The van der Waals surface area contributed by atoms with Crippen molar-refractivity contribution in [1.29, 1.82) is 0 Å². The van der Waals surface area contributed by atoms with Gasteiger partial charge in [-0.15, -0.1) is 5.10 Å². The van der Waals surface area contributed by atoms with Gasteiger partial charge in [-0.1, -0.05) is 46.6 Å². The number of esters is 1. The highest BCUT2D eigenvalue weighted by atomic mass is 79.9. The Hall–Kier alpha value is -2.48. The number of hydrogen-bond donors (Lipinski definition) is 0. The number of halogens is 1. The van der Waals surface area contributed by atoms with Gasteiger partial charge in [0, 0.05) is 10.7 Å². The summed E-state index contributed by atoms with van der Waals surface area (Å²) in [7, 11) is 0. The molecule has 0 aliphatic rings. The third kappa shape index (κ3) is 4.82. The molecule has 0 fully saturated rings. The van der Waals surface area contributed by atoms with E-state index >= 15 is 0 Å². The summed E-state index contributed by atoms with van der Waals surface area (Å²) in [5.41, 5.74) is 2.33. The Morgan fingerprint density at radius 3 is 2.67 bits per heavy atom. The predicted molar refractivity (Wildman–Crippen MR) is 105 cm³/mol. The van der Waals surface area contributed by atoms with Crippen molar-refractivity contribution in [2.45, 2.75) is 39.7 Å². The van der Waals surface area contributed by atoms with E-state index in [1.165, 1.54) is 0 Å². The lowest BCUT2D eigenvalue weighted by Crippen LogP contribution is -2.08. The summed E-state index contributed by atoms with van der Waals surface area (Å²) in [6.07, 6.45) is 6.50. The molecule has 3 aromatic rings. The number of benzene rings is 1. The van der Waals surface area contributed by atoms with Crippen LogP contribution in [0.5, 0.6) is 0 Å². The van der Waals surface area contributed by atoms with Gasteiger partial charge in [-0.05, 0) is 37.5 Å². The minimum Gasteiger partial charge on any atom is -0.462 e. The van der Waals surface area contributed by atoms with E-state index in [1.807, 2.05) is 30.5 Å². The smallest absolute Gasteiger partial charge is 0.343 e. The Bertz CT molecular complexity index is 901. The number of nitrogens with zero attached hydrogens (tertiary/aromatic N) is 5. The van der Waals surface area contributed by atoms with E-state index in [0.29, 0.717) is 24.5 Å². The first-order valence-corrected chi connectivity index (χ1v) is 9.80. The summed E-state index contributed by atoms with van der Waals surface area (Å²) in [6, 6.07) is 7.97. The second-order valence-electron chi connectivity index (χ2n) is 6.17. The summed E-state index contributed by atoms with van der Waals surface area (Å²) in [5, 5.41) is 12.9. The second-order valence-corrected chi connectivity index (χ2v) is 7.08. The average molecular weight is 432 g/mol. The van der Waals surface area contributed by atoms with Gasteiger partial charge in [0.25, 0.3) is 0 Å². The monoisotopic (exact) mass is 431 g/mol. The second kappa shape index (κ2) is 8.94. The number of carbonyl (C=O) groups excluding carboxylic acids is 1. The maximum absolute atomic E-state index is 12.4. The van der Waals surface area contributed by atoms with Crippen molar-refractivity contribution in [2.75, 3.05) is 6.61 Å². The van der Waals surface area contributed by atoms with Crippen LogP contribution in [0.25, 0.3) is 5.82 Å². The standard InChI is InChI=1S/C19H22BrN5O2/c1-3-5-6-16-12-25(23-21-16)18-17(19(26)27-4-2)13-24(22-18)11-14-7-9-15(20)10-8-14/h7-10,12-13H,3-6,11H2,1-2H3. The summed E-state index contributed by atoms with van der Waals surface area (Å²) in [4.78, 5) is 12.4. The molecular weight excluding hydrogens is 410 g/mol. The Morgan fingerprint density at radius 1 is 1.19 bits per heavy atom. The fourth-order valence-electron chi connectivity index (χ4n) is 2.67. The van der Waals surface area contributed by atoms with Gasteiger partial charge in [0.1, 0.15) is 5.56 Å². The van der Waals surface area contributed by atoms with Crippen LogP contribution in [0.15, 0.2) is 41.1 Å². The van der Waals surface area contributed by atoms with Gasteiger partial charge in [0.15, 0.2) is 5.82 Å². The van der Waals surface area contributed by atoms with Crippen LogP contribution in [0.4, 0.5) is 0 Å². The van der Waals surface area contributed by atoms with Crippen LogP contribution in [-0.2, 0) is 17.7 Å². The fraction of sp³-hybridized carbons (Fsp3) is 0.368. The van der Waals surface area contributed by atoms with Gasteiger partial charge < -0.3 is 4.74 Å². The van der Waals surface area contributed by atoms with E-state index in [2.05, 4.69) is 38.3 Å². The maximum Gasteiger partial charge on any atom is 0.343 e. The number of rotatable bonds is 8. The molecule has 2 heterocycles. The third-order valence-electron chi connectivity index (χ3n) is 4.04. The number of unbranched alkanes of at least 4 members (excludes halogenated alkanes) is 1. The molecule has 0 bridgehead atoms. The van der Waals surface area contributed by atoms with Crippen LogP contribution in [0, 0.1) is 0 Å². The SMILES string of the molecule is CCCCc1cn(-c2nn(Cc3ccc(Br)cc3)cc2C(=O)OCC)nn1. The summed E-state index contributed by atoms with van der Waals surface area (Å²) in [5.74, 6) is 0.0148. The molecule has 142 valence electrons. The molecule has 0 aliphatic carbocycles. The van der Waals surface area contributed by atoms with Crippen LogP contribution in [0.2, 0.25) is 0 Å². The molecule has 0 atom stereocenters. The van der Waals surface area contributed by atoms with Crippen molar-refractivity contribution in [3.05, 3.63) is 58.0 Å². The van der Waals surface area contributed by atoms with Crippen LogP contribution < -0.4 is 0 Å². The van der Waals surface area contributed by atoms with E-state index in [9.17, 15) is 4.79 Å². The van der Waals surface area contributed by atoms with Crippen LogP contribution in [0.3, 0.4) is 0 Å². The van der Waals surface area contributed by atoms with Crippen molar-refractivity contribution < 1.29 is 9.53 Å². The number of aromatic nitrogens is 5. The molecule has 0 saturated carbocycles. The molecule has 0 saturated heterocycles. The van der Waals surface area contributed by atoms with Crippen molar-refractivity contribution in [1.82, 2.24) is 24.8 Å². The first-order chi connectivity index (χ1) is 13.1. The molecule has 7 nitrogen and oxygen atoms in total. The Balaban J connectivity index is 1.90. The van der Waals surface area contributed by atoms with Gasteiger partial charge in [-0.2, -0.15) is 9.78 Å². The first-order valence-electron chi connectivity index (χ1n) is 9.01. The van der Waals surface area contributed by atoms with Crippen molar-refractivity contribution in [3.63, 3.8) is 0 Å². The van der Waals surface area contributed by atoms with Gasteiger partial charge >= 0.3 is 5.97 Å². The first kappa shape index (κ1) is 19.3. The minimum absolute atomic E-state index is 0.301. The molecule has 0 aliphatic heterocycles. The molecular formula is C19H22BrN5O2. The highest BCUT2D eigenvalue weighted by Gasteiger charge is 2.20. The molecule has 1 aromatic carbocycles. The largest absolute Gasteiger partial charge is 0.462 e. The molecule has 0 spiro atoms. The summed E-state index contributed by atoms with van der Waals surface area (Å²) in [6.45, 7) is 4.75. The molecule has 3 rings (SSSR count). The predicted octanol–water partition coefficient (Wildman–Crippen LogP) is 3.79. The third-order valence-corrected chi connectivity index (χ3v) is 4.57. The quantitative estimate of drug-likeness (QED) is 0.507. The Kier molecular flexibility index (Phi) is 6.39. The lowest BCUT2D eigenvalue weighted by Gasteiger charge is -2.01. The number of aryl methyl sites for hydroxylation is 1. The van der Waals surface area contributed by atoms with E-state index in [1.54, 1.807) is 22.5 Å². The zero-order valence-electron chi connectivity index (χ0n) is 15.4. The molecule has 0 amide bonds. The van der Waals surface area contributed by atoms with Crippen molar-refractivity contribution in [2.24, 2.45) is 0 Å². The highest BCUT2D eigenvalue weighted by molar-refractivity contribution is 9.10. The molecule has 27 heavy (non-hydrogen) atoms. The summed E-state index contributed by atoms with van der Waals surface area (Å²) >= 11 is 3.43. The van der Waals surface area contributed by atoms with Crippen LogP contribution >= 0.6 is 15.9 Å². The van der Waals surface area contributed by atoms with Gasteiger partial charge in [0.05, 0.1) is 25.0 Å². The summed E-state index contributed by atoms with van der Waals surface area (Å²) < 4.78 is 9.47. The van der Waals surface area contributed by atoms with Gasteiger partial charge in [-0.25, -0.2) is 4.79 Å². The highest BCUT2D eigenvalue weighted by Crippen LogP contribution is 2.17. The van der Waals surface area contributed by atoms with Crippen LogP contribution in [-0.4, -0.2) is 37.4 Å². The van der Waals surface area contributed by atoms with E-state index in [-0.39, 0.29) is 0 Å². The Labute approximate surface area is 166 Å². The lowest BCUT2D eigenvalue weighted by molar-refractivity contribution is 0.0526. The molecule has 8 heteroatoms. The normalized spacial score (nSPS) is 10.9. The maximum atomic E-state index is 12.4. The Morgan fingerprint density at radius 2 is 1.96 bits per heavy atom. The minimum atomic E-state index is -0.417. The number of ether oxygens (including phenoxy) is 1. The zero-order chi connectivity index (χ0) is 19.2. The fourth-order valence-corrected chi connectivity index (χ4v) is 2.93. The molecule has 0 unspecified atom stereocenters. The van der Waals surface area contributed by atoms with Gasteiger partial charge in [-0.3, -0.25) is 4.68 Å². The van der Waals surface area contributed by atoms with Crippen molar-refractivity contribution >= 4 is 21.9 Å². The topological polar surface area (TPSA) is 74.8 Å². The van der Waals surface area contributed by atoms with E-state index < -0.39 is 5.97 Å². The number of hydrogen-bond acceptors (Lipinski definition) is 5. The van der Waals surface area contributed by atoms with Gasteiger partial charge in [0.2, 0.25) is 0 Å². The van der Waals surface area contributed by atoms with Crippen molar-refractivity contribution in [3.8, 4) is 5.82 Å². The lowest BCUT2D eigenvalue weighted by atomic mass is 10.2. The van der Waals surface area contributed by atoms with E-state index in [4.69, 9.17) is 4.74 Å². The van der Waals surface area contributed by atoms with E-state index in [0.717, 1.165) is 35.0 Å². The number of carbonyl (C=O) groups is 1. The zero-order valence-corrected chi connectivity index (χ0v) is 17.0.